The molecule has 0 saturated carbocycles. The number of rotatable bonds is 2. The molecule has 0 bridgehead atoms. The number of halogens is 3. The van der Waals surface area contributed by atoms with Crippen molar-refractivity contribution in [2.75, 3.05) is 0 Å². The average molecular weight is 348 g/mol. The second-order valence-electron chi connectivity index (χ2n) is 4.96. The highest BCUT2D eigenvalue weighted by molar-refractivity contribution is 7.00. The summed E-state index contributed by atoms with van der Waals surface area (Å²) >= 11 is 1.10. The van der Waals surface area contributed by atoms with Gasteiger partial charge in [0.15, 0.2) is 0 Å². The number of fused-ring (bicyclic) bond motifs is 1. The number of alkyl halides is 3. The van der Waals surface area contributed by atoms with Gasteiger partial charge in [-0.3, -0.25) is 0 Å². The summed E-state index contributed by atoms with van der Waals surface area (Å²) in [5.74, 6) is 0.412. The van der Waals surface area contributed by atoms with Crippen LogP contribution in [0.25, 0.3) is 33.9 Å². The molecule has 0 aliphatic carbocycles. The third kappa shape index (κ3) is 2.62. The SMILES string of the molecule is FC(F)(F)c1ccc(-c2nnc(-c3ccc4nsnc4c3)o2)cc1. The van der Waals surface area contributed by atoms with Crippen molar-refractivity contribution < 1.29 is 17.6 Å². The molecular weight excluding hydrogens is 341 g/mol. The molecule has 120 valence electrons. The lowest BCUT2D eigenvalue weighted by molar-refractivity contribution is -0.137. The fraction of sp³-hybridized carbons (Fsp3) is 0.0667. The maximum Gasteiger partial charge on any atom is 0.416 e. The molecule has 0 aliphatic rings. The lowest BCUT2D eigenvalue weighted by atomic mass is 10.1. The molecule has 5 nitrogen and oxygen atoms in total. The van der Waals surface area contributed by atoms with E-state index < -0.39 is 11.7 Å². The van der Waals surface area contributed by atoms with E-state index in [0.717, 1.165) is 29.4 Å². The average Bonchev–Trinajstić information content (AvgIpc) is 3.22. The molecule has 0 aliphatic heterocycles. The van der Waals surface area contributed by atoms with Crippen LogP contribution in [0.5, 0.6) is 0 Å². The number of benzene rings is 2. The van der Waals surface area contributed by atoms with Crippen LogP contribution in [0.4, 0.5) is 13.2 Å². The Hall–Kier alpha value is -2.81. The Balaban J connectivity index is 1.66. The van der Waals surface area contributed by atoms with Crippen molar-refractivity contribution >= 4 is 22.8 Å². The fourth-order valence-electron chi connectivity index (χ4n) is 2.17. The fourth-order valence-corrected chi connectivity index (χ4v) is 2.69. The first-order valence-corrected chi connectivity index (χ1v) is 7.47. The first-order valence-electron chi connectivity index (χ1n) is 6.74. The standard InChI is InChI=1S/C15H7F3N4OS/c16-15(17,18)10-4-1-8(2-5-10)13-19-20-14(23-13)9-3-6-11-12(7-9)22-24-21-11/h1-7H. The Morgan fingerprint density at radius 2 is 1.42 bits per heavy atom. The summed E-state index contributed by atoms with van der Waals surface area (Å²) in [7, 11) is 0. The topological polar surface area (TPSA) is 64.7 Å². The zero-order chi connectivity index (χ0) is 16.7. The molecule has 2 aromatic heterocycles. The molecule has 0 amide bonds. The van der Waals surface area contributed by atoms with Gasteiger partial charge in [-0.25, -0.2) is 0 Å². The normalized spacial score (nSPS) is 12.0. The summed E-state index contributed by atoms with van der Waals surface area (Å²) in [6.07, 6.45) is -4.38. The van der Waals surface area contributed by atoms with Crippen LogP contribution in [0, 0.1) is 0 Å². The predicted octanol–water partition coefficient (Wildman–Crippen LogP) is 4.43. The van der Waals surface area contributed by atoms with Crippen LogP contribution < -0.4 is 0 Å². The first-order chi connectivity index (χ1) is 11.5. The molecular formula is C15H7F3N4OS. The Kier molecular flexibility index (Phi) is 3.31. The summed E-state index contributed by atoms with van der Waals surface area (Å²) < 4.78 is 51.6. The van der Waals surface area contributed by atoms with Gasteiger partial charge in [0, 0.05) is 11.1 Å². The quantitative estimate of drug-likeness (QED) is 0.536. The van der Waals surface area contributed by atoms with Gasteiger partial charge in [0.2, 0.25) is 11.8 Å². The maximum atomic E-state index is 12.6. The lowest BCUT2D eigenvalue weighted by Crippen LogP contribution is -2.03. The van der Waals surface area contributed by atoms with E-state index >= 15 is 0 Å². The molecule has 0 fully saturated rings. The largest absolute Gasteiger partial charge is 0.416 e. The van der Waals surface area contributed by atoms with Crippen LogP contribution in [0.2, 0.25) is 0 Å². The van der Waals surface area contributed by atoms with E-state index in [0.29, 0.717) is 16.6 Å². The molecule has 0 atom stereocenters. The number of hydrogen-bond donors (Lipinski definition) is 0. The summed E-state index contributed by atoms with van der Waals surface area (Å²) in [6.45, 7) is 0. The van der Waals surface area contributed by atoms with Crippen molar-refractivity contribution in [1.82, 2.24) is 18.9 Å². The monoisotopic (exact) mass is 348 g/mol. The number of hydrogen-bond acceptors (Lipinski definition) is 6. The van der Waals surface area contributed by atoms with Gasteiger partial charge in [0.25, 0.3) is 0 Å². The second-order valence-corrected chi connectivity index (χ2v) is 5.48. The lowest BCUT2D eigenvalue weighted by Gasteiger charge is -2.05. The third-order valence-corrected chi connectivity index (χ3v) is 3.94. The van der Waals surface area contributed by atoms with Gasteiger partial charge in [0.1, 0.15) is 11.0 Å². The van der Waals surface area contributed by atoms with E-state index in [2.05, 4.69) is 18.9 Å². The van der Waals surface area contributed by atoms with Gasteiger partial charge in [0.05, 0.1) is 17.3 Å². The van der Waals surface area contributed by atoms with Crippen LogP contribution in [0.15, 0.2) is 46.9 Å². The number of nitrogens with zero attached hydrogens (tertiary/aromatic N) is 4. The van der Waals surface area contributed by atoms with E-state index in [9.17, 15) is 13.2 Å². The molecule has 0 spiro atoms. The maximum absolute atomic E-state index is 12.6. The number of aromatic nitrogens is 4. The van der Waals surface area contributed by atoms with Crippen LogP contribution >= 0.6 is 11.7 Å². The molecule has 0 unspecified atom stereocenters. The van der Waals surface area contributed by atoms with E-state index in [1.54, 1.807) is 18.2 Å². The van der Waals surface area contributed by atoms with Gasteiger partial charge >= 0.3 is 6.18 Å². The Bertz CT molecular complexity index is 1010. The highest BCUT2D eigenvalue weighted by Gasteiger charge is 2.30. The van der Waals surface area contributed by atoms with E-state index in [1.165, 1.54) is 12.1 Å². The van der Waals surface area contributed by atoms with Crippen molar-refractivity contribution in [3.63, 3.8) is 0 Å². The molecule has 24 heavy (non-hydrogen) atoms. The summed E-state index contributed by atoms with van der Waals surface area (Å²) in [6, 6.07) is 9.88. The van der Waals surface area contributed by atoms with Crippen LogP contribution in [-0.4, -0.2) is 18.9 Å². The predicted molar refractivity (Wildman–Crippen MR) is 81.1 cm³/mol. The van der Waals surface area contributed by atoms with Crippen molar-refractivity contribution in [2.24, 2.45) is 0 Å². The van der Waals surface area contributed by atoms with E-state index in [4.69, 9.17) is 4.42 Å². The smallest absolute Gasteiger partial charge is 0.416 e. The van der Waals surface area contributed by atoms with Crippen LogP contribution in [0.1, 0.15) is 5.56 Å². The molecule has 4 rings (SSSR count). The van der Waals surface area contributed by atoms with Crippen molar-refractivity contribution in [3.8, 4) is 22.9 Å². The highest BCUT2D eigenvalue weighted by Crippen LogP contribution is 2.31. The zero-order valence-electron chi connectivity index (χ0n) is 11.8. The summed E-state index contributed by atoms with van der Waals surface area (Å²) in [5, 5.41) is 7.83. The van der Waals surface area contributed by atoms with Gasteiger partial charge in [-0.1, -0.05) is 0 Å². The highest BCUT2D eigenvalue weighted by atomic mass is 32.1. The Labute approximate surface area is 137 Å². The Morgan fingerprint density at radius 1 is 0.792 bits per heavy atom. The second kappa shape index (κ2) is 5.38. The van der Waals surface area contributed by atoms with Gasteiger partial charge in [-0.2, -0.15) is 21.9 Å². The van der Waals surface area contributed by atoms with E-state index in [-0.39, 0.29) is 11.8 Å². The van der Waals surface area contributed by atoms with Gasteiger partial charge < -0.3 is 4.42 Å². The molecule has 4 aromatic rings. The molecule has 2 heterocycles. The van der Waals surface area contributed by atoms with E-state index in [1.807, 2.05) is 0 Å². The van der Waals surface area contributed by atoms with Gasteiger partial charge in [-0.15, -0.1) is 10.2 Å². The first kappa shape index (κ1) is 14.8. The van der Waals surface area contributed by atoms with Crippen molar-refractivity contribution in [1.29, 1.82) is 0 Å². The van der Waals surface area contributed by atoms with Crippen LogP contribution in [0.3, 0.4) is 0 Å². The minimum atomic E-state index is -4.38. The van der Waals surface area contributed by atoms with Crippen molar-refractivity contribution in [2.45, 2.75) is 6.18 Å². The molecule has 0 N–H and O–H groups in total. The molecule has 9 heteroatoms. The van der Waals surface area contributed by atoms with Crippen LogP contribution in [-0.2, 0) is 6.18 Å². The van der Waals surface area contributed by atoms with Crippen molar-refractivity contribution in [3.05, 3.63) is 48.0 Å². The molecule has 2 aromatic carbocycles. The minimum absolute atomic E-state index is 0.148. The molecule has 0 saturated heterocycles. The minimum Gasteiger partial charge on any atom is -0.416 e. The summed E-state index contributed by atoms with van der Waals surface area (Å²) in [5.41, 5.74) is 1.84. The third-order valence-electron chi connectivity index (χ3n) is 3.38. The molecule has 0 radical (unpaired) electrons. The Morgan fingerprint density at radius 3 is 2.12 bits per heavy atom. The summed E-state index contributed by atoms with van der Waals surface area (Å²) in [4.78, 5) is 0. The van der Waals surface area contributed by atoms with Gasteiger partial charge in [-0.05, 0) is 42.5 Å². The zero-order valence-corrected chi connectivity index (χ0v) is 12.6.